The third-order valence-corrected chi connectivity index (χ3v) is 4.69. The molecule has 0 radical (unpaired) electrons. The number of nitrogens with zero attached hydrogens (tertiary/aromatic N) is 4. The highest BCUT2D eigenvalue weighted by Gasteiger charge is 2.15. The second-order valence-corrected chi connectivity index (χ2v) is 6.74. The zero-order chi connectivity index (χ0) is 18.6. The van der Waals surface area contributed by atoms with Crippen LogP contribution in [0.5, 0.6) is 5.75 Å². The monoisotopic (exact) mass is 400 g/mol. The maximum absolute atomic E-state index is 5.89. The van der Waals surface area contributed by atoms with Gasteiger partial charge in [-0.05, 0) is 36.4 Å². The van der Waals surface area contributed by atoms with E-state index in [9.17, 15) is 0 Å². The molecule has 2 aromatic carbocycles. The van der Waals surface area contributed by atoms with Crippen LogP contribution in [0.25, 0.3) is 22.8 Å². The van der Waals surface area contributed by atoms with Gasteiger partial charge in [0.1, 0.15) is 5.75 Å². The Bertz CT molecular complexity index is 1050. The van der Waals surface area contributed by atoms with Gasteiger partial charge in [0.15, 0.2) is 0 Å². The second-order valence-electron chi connectivity index (χ2n) is 5.38. The van der Waals surface area contributed by atoms with Crippen LogP contribution in [0.2, 0.25) is 5.02 Å². The molecule has 27 heavy (non-hydrogen) atoms. The number of methoxy groups -OCH3 is 1. The third-order valence-electron chi connectivity index (χ3n) is 3.63. The van der Waals surface area contributed by atoms with Crippen LogP contribution in [0.3, 0.4) is 0 Å². The normalized spacial score (nSPS) is 10.9. The summed E-state index contributed by atoms with van der Waals surface area (Å²) in [6.07, 6.45) is 0. The van der Waals surface area contributed by atoms with Crippen molar-refractivity contribution < 1.29 is 13.7 Å². The van der Waals surface area contributed by atoms with Crippen LogP contribution in [-0.2, 0) is 5.75 Å². The van der Waals surface area contributed by atoms with Gasteiger partial charge >= 0.3 is 0 Å². The highest BCUT2D eigenvalue weighted by molar-refractivity contribution is 7.98. The van der Waals surface area contributed by atoms with Crippen LogP contribution in [0.4, 0.5) is 0 Å². The second kappa shape index (κ2) is 7.81. The minimum Gasteiger partial charge on any atom is -0.496 e. The lowest BCUT2D eigenvalue weighted by Gasteiger charge is -2.03. The predicted octanol–water partition coefficient (Wildman–Crippen LogP) is 4.74. The maximum Gasteiger partial charge on any atom is 0.277 e. The Morgan fingerprint density at radius 2 is 1.89 bits per heavy atom. The average Bonchev–Trinajstić information content (AvgIpc) is 3.36. The summed E-state index contributed by atoms with van der Waals surface area (Å²) in [6.45, 7) is 0. The number of para-hydroxylation sites is 1. The standard InChI is InChI=1S/C18H13ClN4O3S/c1-24-14-5-3-2-4-13(14)17-21-22-18(25-17)27-10-15-20-16(23-26-15)11-6-8-12(19)9-7-11/h2-9H,10H2,1H3. The van der Waals surface area contributed by atoms with Crippen molar-refractivity contribution in [1.29, 1.82) is 0 Å². The van der Waals surface area contributed by atoms with Crippen LogP contribution < -0.4 is 4.74 Å². The maximum atomic E-state index is 5.89. The molecule has 0 N–H and O–H groups in total. The molecule has 0 aliphatic heterocycles. The lowest BCUT2D eigenvalue weighted by molar-refractivity contribution is 0.390. The van der Waals surface area contributed by atoms with Crippen molar-refractivity contribution in [2.45, 2.75) is 11.0 Å². The van der Waals surface area contributed by atoms with Gasteiger partial charge in [0.25, 0.3) is 11.1 Å². The SMILES string of the molecule is COc1ccccc1-c1nnc(SCc2nc(-c3ccc(Cl)cc3)no2)o1. The van der Waals surface area contributed by atoms with E-state index in [0.29, 0.717) is 39.4 Å². The van der Waals surface area contributed by atoms with Crippen LogP contribution in [0.15, 0.2) is 62.7 Å². The fraction of sp³-hybridized carbons (Fsp3) is 0.111. The number of aromatic nitrogens is 4. The van der Waals surface area contributed by atoms with E-state index in [1.807, 2.05) is 36.4 Å². The Labute approximate surface area is 163 Å². The molecule has 0 saturated heterocycles. The summed E-state index contributed by atoms with van der Waals surface area (Å²) in [7, 11) is 1.60. The summed E-state index contributed by atoms with van der Waals surface area (Å²) in [5, 5.41) is 13.2. The summed E-state index contributed by atoms with van der Waals surface area (Å²) in [5.74, 6) is 2.43. The average molecular weight is 401 g/mol. The molecule has 0 unspecified atom stereocenters. The molecule has 4 aromatic rings. The van der Waals surface area contributed by atoms with Gasteiger partial charge < -0.3 is 13.7 Å². The quantitative estimate of drug-likeness (QED) is 0.429. The first kappa shape index (κ1) is 17.6. The van der Waals surface area contributed by atoms with Gasteiger partial charge in [-0.2, -0.15) is 4.98 Å². The van der Waals surface area contributed by atoms with E-state index in [1.165, 1.54) is 11.8 Å². The molecule has 0 bridgehead atoms. The van der Waals surface area contributed by atoms with E-state index in [2.05, 4.69) is 20.3 Å². The lowest BCUT2D eigenvalue weighted by atomic mass is 10.2. The topological polar surface area (TPSA) is 87.1 Å². The van der Waals surface area contributed by atoms with Gasteiger partial charge in [-0.3, -0.25) is 0 Å². The molecule has 0 aliphatic rings. The molecule has 0 aliphatic carbocycles. The van der Waals surface area contributed by atoms with Crippen LogP contribution in [0, 0.1) is 0 Å². The molecule has 9 heteroatoms. The minimum atomic E-state index is 0.391. The molecule has 136 valence electrons. The number of ether oxygens (including phenoxy) is 1. The van der Waals surface area contributed by atoms with Crippen molar-refractivity contribution in [3.63, 3.8) is 0 Å². The van der Waals surface area contributed by atoms with Gasteiger partial charge in [0.05, 0.1) is 18.4 Å². The number of hydrogen-bond acceptors (Lipinski definition) is 8. The van der Waals surface area contributed by atoms with Gasteiger partial charge in [-0.25, -0.2) is 0 Å². The Kier molecular flexibility index (Phi) is 5.08. The van der Waals surface area contributed by atoms with E-state index >= 15 is 0 Å². The van der Waals surface area contributed by atoms with E-state index in [-0.39, 0.29) is 0 Å². The summed E-state index contributed by atoms with van der Waals surface area (Å²) in [4.78, 5) is 4.37. The van der Waals surface area contributed by atoms with Crippen LogP contribution in [-0.4, -0.2) is 27.4 Å². The molecule has 0 amide bonds. The van der Waals surface area contributed by atoms with Gasteiger partial charge in [-0.1, -0.05) is 40.7 Å². The van der Waals surface area contributed by atoms with E-state index in [4.69, 9.17) is 25.3 Å². The number of hydrogen-bond donors (Lipinski definition) is 0. The van der Waals surface area contributed by atoms with Crippen molar-refractivity contribution in [1.82, 2.24) is 20.3 Å². The first-order valence-electron chi connectivity index (χ1n) is 7.91. The van der Waals surface area contributed by atoms with Gasteiger partial charge in [0.2, 0.25) is 11.7 Å². The van der Waals surface area contributed by atoms with Gasteiger partial charge in [-0.15, -0.1) is 10.2 Å². The molecule has 2 aromatic heterocycles. The zero-order valence-corrected chi connectivity index (χ0v) is 15.7. The first-order chi connectivity index (χ1) is 13.2. The Morgan fingerprint density at radius 3 is 2.70 bits per heavy atom. The number of rotatable bonds is 6. The molecule has 0 atom stereocenters. The molecule has 7 nitrogen and oxygen atoms in total. The first-order valence-corrected chi connectivity index (χ1v) is 9.27. The van der Waals surface area contributed by atoms with Crippen molar-refractivity contribution in [2.75, 3.05) is 7.11 Å². The van der Waals surface area contributed by atoms with E-state index in [0.717, 1.165) is 11.1 Å². The summed E-state index contributed by atoms with van der Waals surface area (Å²) >= 11 is 7.20. The number of halogens is 1. The van der Waals surface area contributed by atoms with E-state index < -0.39 is 0 Å². The zero-order valence-electron chi connectivity index (χ0n) is 14.1. The Morgan fingerprint density at radius 1 is 1.07 bits per heavy atom. The molecule has 4 rings (SSSR count). The summed E-state index contributed by atoms with van der Waals surface area (Å²) in [5.41, 5.74) is 1.57. The van der Waals surface area contributed by atoms with Crippen molar-refractivity contribution >= 4 is 23.4 Å². The lowest BCUT2D eigenvalue weighted by Crippen LogP contribution is -1.87. The predicted molar refractivity (Wildman–Crippen MR) is 101 cm³/mol. The number of thioether (sulfide) groups is 1. The van der Waals surface area contributed by atoms with Crippen molar-refractivity contribution in [2.24, 2.45) is 0 Å². The minimum absolute atomic E-state index is 0.391. The summed E-state index contributed by atoms with van der Waals surface area (Å²) < 4.78 is 16.3. The molecule has 0 spiro atoms. The smallest absolute Gasteiger partial charge is 0.277 e. The molecule has 0 saturated carbocycles. The molecule has 2 heterocycles. The largest absolute Gasteiger partial charge is 0.496 e. The fourth-order valence-corrected chi connectivity index (χ4v) is 3.08. The Hall–Kier alpha value is -2.84. The van der Waals surface area contributed by atoms with Crippen molar-refractivity contribution in [3.8, 4) is 28.6 Å². The Balaban J connectivity index is 1.44. The highest BCUT2D eigenvalue weighted by Crippen LogP contribution is 2.31. The fourth-order valence-electron chi connectivity index (χ4n) is 2.35. The molecule has 0 fully saturated rings. The van der Waals surface area contributed by atoms with Crippen LogP contribution >= 0.6 is 23.4 Å². The number of benzene rings is 2. The highest BCUT2D eigenvalue weighted by atomic mass is 35.5. The van der Waals surface area contributed by atoms with Crippen molar-refractivity contribution in [3.05, 3.63) is 59.4 Å². The molecular weight excluding hydrogens is 388 g/mol. The third kappa shape index (κ3) is 3.96. The van der Waals surface area contributed by atoms with Gasteiger partial charge in [0, 0.05) is 10.6 Å². The summed E-state index contributed by atoms with van der Waals surface area (Å²) in [6, 6.07) is 14.7. The van der Waals surface area contributed by atoms with E-state index in [1.54, 1.807) is 19.2 Å². The van der Waals surface area contributed by atoms with Crippen LogP contribution in [0.1, 0.15) is 5.89 Å². The molecular formula is C18H13ClN4O3S.